The summed E-state index contributed by atoms with van der Waals surface area (Å²) in [6.07, 6.45) is 2.03. The molecule has 66 valence electrons. The van der Waals surface area contributed by atoms with E-state index in [1.807, 2.05) is 22.9 Å². The average Bonchev–Trinajstić information content (AvgIpc) is 2.37. The van der Waals surface area contributed by atoms with Crippen LogP contribution in [0.4, 0.5) is 0 Å². The van der Waals surface area contributed by atoms with Gasteiger partial charge in [-0.05, 0) is 12.1 Å². The first-order valence-corrected chi connectivity index (χ1v) is 5.18. The van der Waals surface area contributed by atoms with Gasteiger partial charge >= 0.3 is 5.97 Å². The number of aliphatic carboxylic acids is 1. The molecule has 1 heterocycles. The maximum Gasteiger partial charge on any atom is 0.309 e. The molecule has 1 aromatic heterocycles. The van der Waals surface area contributed by atoms with Gasteiger partial charge in [-0.15, -0.1) is 0 Å². The Labute approximate surface area is 84.5 Å². The van der Waals surface area contributed by atoms with Gasteiger partial charge in [-0.2, -0.15) is 0 Å². The van der Waals surface area contributed by atoms with Crippen LogP contribution in [0, 0.1) is 0 Å². The van der Waals surface area contributed by atoms with Gasteiger partial charge in [-0.1, -0.05) is 22.6 Å². The normalized spacial score (nSPS) is 10.1. The number of carboxylic acid groups (broad SMARTS) is 1. The van der Waals surface area contributed by atoms with Crippen molar-refractivity contribution in [3.8, 4) is 0 Å². The minimum absolute atomic E-state index is 0.115. The zero-order valence-electron chi connectivity index (χ0n) is 6.53. The fourth-order valence-corrected chi connectivity index (χ4v) is 1.59. The molecule has 0 radical (unpaired) electrons. The number of hydrogen-bond acceptors (Lipinski definition) is 1. The molecular formula is C8H10INO2. The third kappa shape index (κ3) is 2.51. The molecule has 0 aliphatic rings. The Bertz CT molecular complexity index is 270. The van der Waals surface area contributed by atoms with Gasteiger partial charge in [0.1, 0.15) is 0 Å². The molecule has 0 aromatic carbocycles. The van der Waals surface area contributed by atoms with Gasteiger partial charge in [-0.3, -0.25) is 4.79 Å². The van der Waals surface area contributed by atoms with E-state index in [1.165, 1.54) is 0 Å². The lowest BCUT2D eigenvalue weighted by Crippen LogP contribution is -2.08. The molecule has 1 N–H and O–H groups in total. The second kappa shape index (κ2) is 4.49. The molecule has 1 rings (SSSR count). The SMILES string of the molecule is O=C(O)Cc1cccn1CCI. The summed E-state index contributed by atoms with van der Waals surface area (Å²) in [7, 11) is 0. The third-order valence-electron chi connectivity index (χ3n) is 1.58. The molecule has 0 unspecified atom stereocenters. The Morgan fingerprint density at radius 1 is 1.67 bits per heavy atom. The van der Waals surface area contributed by atoms with Gasteiger partial charge in [0.15, 0.2) is 0 Å². The number of carbonyl (C=O) groups is 1. The van der Waals surface area contributed by atoms with Gasteiger partial charge in [0, 0.05) is 22.9 Å². The van der Waals surface area contributed by atoms with Gasteiger partial charge < -0.3 is 9.67 Å². The molecule has 0 aliphatic carbocycles. The van der Waals surface area contributed by atoms with Crippen molar-refractivity contribution in [2.45, 2.75) is 13.0 Å². The molecule has 0 saturated carbocycles. The second-order valence-electron chi connectivity index (χ2n) is 2.45. The summed E-state index contributed by atoms with van der Waals surface area (Å²) in [5.41, 5.74) is 0.874. The minimum atomic E-state index is -0.775. The highest BCUT2D eigenvalue weighted by Crippen LogP contribution is 2.04. The molecule has 0 fully saturated rings. The van der Waals surface area contributed by atoms with Crippen molar-refractivity contribution < 1.29 is 9.90 Å². The summed E-state index contributed by atoms with van der Waals surface area (Å²) >= 11 is 2.27. The Balaban J connectivity index is 2.69. The average molecular weight is 279 g/mol. The number of carboxylic acids is 1. The van der Waals surface area contributed by atoms with Crippen molar-refractivity contribution in [2.75, 3.05) is 4.43 Å². The quantitative estimate of drug-likeness (QED) is 0.671. The van der Waals surface area contributed by atoms with Crippen LogP contribution in [0.2, 0.25) is 0 Å². The van der Waals surface area contributed by atoms with Crippen LogP contribution in [0.15, 0.2) is 18.3 Å². The lowest BCUT2D eigenvalue weighted by atomic mass is 10.3. The monoisotopic (exact) mass is 279 g/mol. The largest absolute Gasteiger partial charge is 0.481 e. The lowest BCUT2D eigenvalue weighted by molar-refractivity contribution is -0.136. The van der Waals surface area contributed by atoms with Crippen molar-refractivity contribution in [1.29, 1.82) is 0 Å². The van der Waals surface area contributed by atoms with Crippen LogP contribution in [-0.4, -0.2) is 20.1 Å². The van der Waals surface area contributed by atoms with Crippen LogP contribution in [0.25, 0.3) is 0 Å². The Morgan fingerprint density at radius 3 is 3.00 bits per heavy atom. The predicted octanol–water partition coefficient (Wildman–Crippen LogP) is 1.55. The standard InChI is InChI=1S/C8H10INO2/c9-3-5-10-4-1-2-7(10)6-8(11)12/h1-2,4H,3,5-6H2,(H,11,12). The number of nitrogens with zero attached hydrogens (tertiary/aromatic N) is 1. The Morgan fingerprint density at radius 2 is 2.42 bits per heavy atom. The highest BCUT2D eigenvalue weighted by molar-refractivity contribution is 14.1. The van der Waals surface area contributed by atoms with E-state index in [-0.39, 0.29) is 6.42 Å². The highest BCUT2D eigenvalue weighted by Gasteiger charge is 2.04. The minimum Gasteiger partial charge on any atom is -0.481 e. The van der Waals surface area contributed by atoms with Gasteiger partial charge in [0.2, 0.25) is 0 Å². The van der Waals surface area contributed by atoms with Crippen LogP contribution in [-0.2, 0) is 17.8 Å². The van der Waals surface area contributed by atoms with E-state index in [0.29, 0.717) is 0 Å². The summed E-state index contributed by atoms with van der Waals surface area (Å²) in [6, 6.07) is 3.73. The van der Waals surface area contributed by atoms with E-state index >= 15 is 0 Å². The van der Waals surface area contributed by atoms with Crippen molar-refractivity contribution in [3.05, 3.63) is 24.0 Å². The van der Waals surface area contributed by atoms with Crippen molar-refractivity contribution in [2.24, 2.45) is 0 Å². The van der Waals surface area contributed by atoms with E-state index in [1.54, 1.807) is 0 Å². The van der Waals surface area contributed by atoms with Crippen LogP contribution in [0.5, 0.6) is 0 Å². The van der Waals surface area contributed by atoms with Crippen LogP contribution >= 0.6 is 22.6 Å². The van der Waals surface area contributed by atoms with E-state index in [2.05, 4.69) is 22.6 Å². The zero-order chi connectivity index (χ0) is 8.97. The van der Waals surface area contributed by atoms with Crippen LogP contribution < -0.4 is 0 Å². The summed E-state index contributed by atoms with van der Waals surface area (Å²) in [6.45, 7) is 0.885. The van der Waals surface area contributed by atoms with Gasteiger partial charge in [-0.25, -0.2) is 0 Å². The molecule has 12 heavy (non-hydrogen) atoms. The summed E-state index contributed by atoms with van der Waals surface area (Å²) in [5.74, 6) is -0.775. The number of halogens is 1. The van der Waals surface area contributed by atoms with E-state index < -0.39 is 5.97 Å². The van der Waals surface area contributed by atoms with Crippen molar-refractivity contribution >= 4 is 28.6 Å². The fraction of sp³-hybridized carbons (Fsp3) is 0.375. The second-order valence-corrected chi connectivity index (χ2v) is 3.53. The predicted molar refractivity (Wildman–Crippen MR) is 54.7 cm³/mol. The number of alkyl halides is 1. The molecule has 3 nitrogen and oxygen atoms in total. The topological polar surface area (TPSA) is 42.2 Å². The number of aromatic nitrogens is 1. The number of rotatable bonds is 4. The smallest absolute Gasteiger partial charge is 0.309 e. The first-order chi connectivity index (χ1) is 5.74. The molecular weight excluding hydrogens is 269 g/mol. The molecule has 0 atom stereocenters. The van der Waals surface area contributed by atoms with Crippen molar-refractivity contribution in [1.82, 2.24) is 4.57 Å². The lowest BCUT2D eigenvalue weighted by Gasteiger charge is -2.03. The first kappa shape index (κ1) is 9.57. The maximum absolute atomic E-state index is 10.4. The summed E-state index contributed by atoms with van der Waals surface area (Å²) in [4.78, 5) is 10.4. The summed E-state index contributed by atoms with van der Waals surface area (Å²) in [5, 5.41) is 8.56. The molecule has 0 spiro atoms. The summed E-state index contributed by atoms with van der Waals surface area (Å²) < 4.78 is 2.97. The molecule has 0 saturated heterocycles. The number of hydrogen-bond donors (Lipinski definition) is 1. The van der Waals surface area contributed by atoms with Crippen LogP contribution in [0.3, 0.4) is 0 Å². The molecule has 4 heteroatoms. The Hall–Kier alpha value is -0.520. The Kier molecular flexibility index (Phi) is 3.58. The van der Waals surface area contributed by atoms with E-state index in [9.17, 15) is 4.79 Å². The van der Waals surface area contributed by atoms with E-state index in [4.69, 9.17) is 5.11 Å². The molecule has 0 bridgehead atoms. The van der Waals surface area contributed by atoms with Gasteiger partial charge in [0.25, 0.3) is 0 Å². The molecule has 0 aliphatic heterocycles. The first-order valence-electron chi connectivity index (χ1n) is 3.66. The van der Waals surface area contributed by atoms with E-state index in [0.717, 1.165) is 16.7 Å². The molecule has 0 amide bonds. The number of aryl methyl sites for hydroxylation is 1. The maximum atomic E-state index is 10.4. The molecule has 1 aromatic rings. The van der Waals surface area contributed by atoms with Crippen molar-refractivity contribution in [3.63, 3.8) is 0 Å². The fourth-order valence-electron chi connectivity index (χ4n) is 1.07. The highest BCUT2D eigenvalue weighted by atomic mass is 127. The third-order valence-corrected chi connectivity index (χ3v) is 2.06. The van der Waals surface area contributed by atoms with Crippen LogP contribution in [0.1, 0.15) is 5.69 Å². The van der Waals surface area contributed by atoms with Gasteiger partial charge in [0.05, 0.1) is 6.42 Å². The zero-order valence-corrected chi connectivity index (χ0v) is 8.69.